The van der Waals surface area contributed by atoms with Gasteiger partial charge in [0.05, 0.1) is 10.3 Å². The van der Waals surface area contributed by atoms with E-state index < -0.39 is 0 Å². The molecule has 94 valence electrons. The highest BCUT2D eigenvalue weighted by Gasteiger charge is 2.21. The van der Waals surface area contributed by atoms with Gasteiger partial charge in [-0.05, 0) is 39.8 Å². The molecule has 0 fully saturated rings. The maximum Gasteiger partial charge on any atom is 0.233 e. The first-order chi connectivity index (χ1) is 7.79. The number of carbonyl (C=O) groups is 1. The Bertz CT molecular complexity index is 404. The molecule has 5 heteroatoms. The summed E-state index contributed by atoms with van der Waals surface area (Å²) >= 11 is 7.35. The van der Waals surface area contributed by atoms with Crippen molar-refractivity contribution in [3.05, 3.63) is 23.4 Å². The topological polar surface area (TPSA) is 42.0 Å². The summed E-state index contributed by atoms with van der Waals surface area (Å²) in [4.78, 5) is 16.0. The molecule has 1 N–H and O–H groups in total. The summed E-state index contributed by atoms with van der Waals surface area (Å²) in [5.74, 6) is -0.00998. The first-order valence-electron chi connectivity index (χ1n) is 5.39. The SMILES string of the molecule is C[C@H](Sc1ncccc1Cl)C(=O)NC(C)(C)C. The van der Waals surface area contributed by atoms with E-state index in [2.05, 4.69) is 10.3 Å². The first kappa shape index (κ1) is 14.3. The molecule has 0 saturated heterocycles. The summed E-state index contributed by atoms with van der Waals surface area (Å²) in [5, 5.41) is 3.97. The van der Waals surface area contributed by atoms with Crippen LogP contribution in [0.15, 0.2) is 23.4 Å². The Labute approximate surface area is 111 Å². The molecule has 1 aromatic heterocycles. The summed E-state index contributed by atoms with van der Waals surface area (Å²) in [7, 11) is 0. The minimum Gasteiger partial charge on any atom is -0.351 e. The molecule has 0 aromatic carbocycles. The second-order valence-corrected chi connectivity index (χ2v) is 6.53. The lowest BCUT2D eigenvalue weighted by Gasteiger charge is -2.22. The Balaban J connectivity index is 2.64. The number of rotatable bonds is 3. The molecular weight excluding hydrogens is 256 g/mol. The van der Waals surface area contributed by atoms with Gasteiger partial charge in [-0.1, -0.05) is 23.4 Å². The molecule has 0 spiro atoms. The molecule has 1 atom stereocenters. The fraction of sp³-hybridized carbons (Fsp3) is 0.500. The Kier molecular flexibility index (Phi) is 4.83. The van der Waals surface area contributed by atoms with Crippen molar-refractivity contribution in [2.24, 2.45) is 0 Å². The van der Waals surface area contributed by atoms with Gasteiger partial charge in [-0.2, -0.15) is 0 Å². The monoisotopic (exact) mass is 272 g/mol. The third kappa shape index (κ3) is 4.96. The van der Waals surface area contributed by atoms with Gasteiger partial charge in [0.25, 0.3) is 0 Å². The second-order valence-electron chi connectivity index (χ2n) is 4.79. The predicted octanol–water partition coefficient (Wildman–Crippen LogP) is 3.13. The number of pyridine rings is 1. The third-order valence-corrected chi connectivity index (χ3v) is 3.41. The molecule has 1 rings (SSSR count). The largest absolute Gasteiger partial charge is 0.351 e. The third-order valence-electron chi connectivity index (χ3n) is 1.88. The van der Waals surface area contributed by atoms with Crippen LogP contribution in [-0.4, -0.2) is 21.7 Å². The molecule has 1 heterocycles. The van der Waals surface area contributed by atoms with Gasteiger partial charge in [-0.15, -0.1) is 0 Å². The molecule has 17 heavy (non-hydrogen) atoms. The Morgan fingerprint density at radius 2 is 2.18 bits per heavy atom. The lowest BCUT2D eigenvalue weighted by Crippen LogP contribution is -2.44. The standard InChI is InChI=1S/C12H17ClN2OS/c1-8(10(16)15-12(2,3)4)17-11-9(13)6-5-7-14-11/h5-8H,1-4H3,(H,15,16)/t8-/m0/s1. The number of hydrogen-bond donors (Lipinski definition) is 1. The van der Waals surface area contributed by atoms with Crippen molar-refractivity contribution in [2.45, 2.75) is 43.5 Å². The van der Waals surface area contributed by atoms with E-state index in [-0.39, 0.29) is 16.7 Å². The van der Waals surface area contributed by atoms with Crippen molar-refractivity contribution in [3.63, 3.8) is 0 Å². The van der Waals surface area contributed by atoms with Crippen molar-refractivity contribution in [1.29, 1.82) is 0 Å². The van der Waals surface area contributed by atoms with E-state index in [0.29, 0.717) is 10.0 Å². The minimum atomic E-state index is -0.222. The molecule has 0 radical (unpaired) electrons. The van der Waals surface area contributed by atoms with Crippen LogP contribution in [0.25, 0.3) is 0 Å². The van der Waals surface area contributed by atoms with E-state index in [4.69, 9.17) is 11.6 Å². The van der Waals surface area contributed by atoms with E-state index in [0.717, 1.165) is 0 Å². The zero-order valence-corrected chi connectivity index (χ0v) is 12.0. The van der Waals surface area contributed by atoms with Gasteiger partial charge in [-0.3, -0.25) is 4.79 Å². The van der Waals surface area contributed by atoms with Crippen LogP contribution in [0.2, 0.25) is 5.02 Å². The maximum atomic E-state index is 11.9. The summed E-state index contributed by atoms with van der Waals surface area (Å²) in [5.41, 5.74) is -0.222. The molecule has 3 nitrogen and oxygen atoms in total. The summed E-state index contributed by atoms with van der Waals surface area (Å²) in [6.07, 6.45) is 1.67. The van der Waals surface area contributed by atoms with E-state index in [1.54, 1.807) is 18.3 Å². The van der Waals surface area contributed by atoms with Gasteiger partial charge in [-0.25, -0.2) is 4.98 Å². The van der Waals surface area contributed by atoms with Gasteiger partial charge in [0.2, 0.25) is 5.91 Å². The number of nitrogens with one attached hydrogen (secondary N) is 1. The molecule has 0 unspecified atom stereocenters. The fourth-order valence-electron chi connectivity index (χ4n) is 1.15. The molecule has 0 aliphatic carbocycles. The molecule has 0 bridgehead atoms. The van der Waals surface area contributed by atoms with Crippen molar-refractivity contribution in [1.82, 2.24) is 10.3 Å². The van der Waals surface area contributed by atoms with Crippen molar-refractivity contribution in [2.75, 3.05) is 0 Å². The van der Waals surface area contributed by atoms with Crippen LogP contribution >= 0.6 is 23.4 Å². The molecular formula is C12H17ClN2OS. The normalized spacial score (nSPS) is 13.2. The van der Waals surface area contributed by atoms with E-state index in [1.165, 1.54) is 11.8 Å². The highest BCUT2D eigenvalue weighted by atomic mass is 35.5. The number of halogens is 1. The predicted molar refractivity (Wildman–Crippen MR) is 72.5 cm³/mol. The average Bonchev–Trinajstić information content (AvgIpc) is 2.18. The molecule has 1 amide bonds. The van der Waals surface area contributed by atoms with Gasteiger partial charge in [0.1, 0.15) is 5.03 Å². The highest BCUT2D eigenvalue weighted by Crippen LogP contribution is 2.28. The highest BCUT2D eigenvalue weighted by molar-refractivity contribution is 8.00. The summed E-state index contributed by atoms with van der Waals surface area (Å²) in [6, 6.07) is 3.54. The molecule has 0 saturated carbocycles. The molecule has 0 aliphatic rings. The van der Waals surface area contributed by atoms with Crippen LogP contribution in [0.1, 0.15) is 27.7 Å². The van der Waals surface area contributed by atoms with Crippen LogP contribution in [0.5, 0.6) is 0 Å². The zero-order chi connectivity index (χ0) is 13.1. The second kappa shape index (κ2) is 5.74. The smallest absolute Gasteiger partial charge is 0.233 e. The zero-order valence-electron chi connectivity index (χ0n) is 10.5. The first-order valence-corrected chi connectivity index (χ1v) is 6.64. The molecule has 1 aromatic rings. The lowest BCUT2D eigenvalue weighted by molar-refractivity contribution is -0.121. The van der Waals surface area contributed by atoms with E-state index in [1.807, 2.05) is 27.7 Å². The lowest BCUT2D eigenvalue weighted by atomic mass is 10.1. The summed E-state index contributed by atoms with van der Waals surface area (Å²) in [6.45, 7) is 7.71. The van der Waals surface area contributed by atoms with E-state index in [9.17, 15) is 4.79 Å². The van der Waals surface area contributed by atoms with Crippen LogP contribution in [0.4, 0.5) is 0 Å². The number of nitrogens with zero attached hydrogens (tertiary/aromatic N) is 1. The van der Waals surface area contributed by atoms with Crippen molar-refractivity contribution < 1.29 is 4.79 Å². The van der Waals surface area contributed by atoms with Crippen molar-refractivity contribution >= 4 is 29.3 Å². The maximum absolute atomic E-state index is 11.9. The Hall–Kier alpha value is -0.740. The quantitative estimate of drug-likeness (QED) is 0.860. The van der Waals surface area contributed by atoms with Gasteiger partial charge in [0.15, 0.2) is 0 Å². The van der Waals surface area contributed by atoms with Crippen LogP contribution in [-0.2, 0) is 4.79 Å². The number of amides is 1. The fourth-order valence-corrected chi connectivity index (χ4v) is 2.21. The number of thioether (sulfide) groups is 1. The summed E-state index contributed by atoms with van der Waals surface area (Å²) < 4.78 is 0. The minimum absolute atomic E-state index is 0.00998. The van der Waals surface area contributed by atoms with Crippen molar-refractivity contribution in [3.8, 4) is 0 Å². The van der Waals surface area contributed by atoms with Gasteiger partial charge < -0.3 is 5.32 Å². The van der Waals surface area contributed by atoms with Crippen LogP contribution in [0.3, 0.4) is 0 Å². The number of carbonyl (C=O) groups excluding carboxylic acids is 1. The van der Waals surface area contributed by atoms with Gasteiger partial charge in [0, 0.05) is 11.7 Å². The van der Waals surface area contributed by atoms with Crippen LogP contribution < -0.4 is 5.32 Å². The Morgan fingerprint density at radius 1 is 1.53 bits per heavy atom. The number of aromatic nitrogens is 1. The Morgan fingerprint density at radius 3 is 2.71 bits per heavy atom. The van der Waals surface area contributed by atoms with Crippen LogP contribution in [0, 0.1) is 0 Å². The number of hydrogen-bond acceptors (Lipinski definition) is 3. The average molecular weight is 273 g/mol. The van der Waals surface area contributed by atoms with Gasteiger partial charge >= 0.3 is 0 Å². The molecule has 0 aliphatic heterocycles. The van der Waals surface area contributed by atoms with E-state index >= 15 is 0 Å².